The van der Waals surface area contributed by atoms with E-state index in [0.717, 1.165) is 25.1 Å². The fraction of sp³-hybridized carbons (Fsp3) is 0.500. The number of amides is 1. The Balaban J connectivity index is 2.21. The van der Waals surface area contributed by atoms with Gasteiger partial charge in [0.15, 0.2) is 0 Å². The third kappa shape index (κ3) is 2.54. The molecule has 0 spiro atoms. The lowest BCUT2D eigenvalue weighted by Gasteiger charge is -2.31. The Morgan fingerprint density at radius 3 is 3.12 bits per heavy atom. The van der Waals surface area contributed by atoms with Crippen LogP contribution in [0, 0.1) is 11.7 Å². The fourth-order valence-electron chi connectivity index (χ4n) is 2.17. The number of hydrogen-bond acceptors (Lipinski definition) is 3. The van der Waals surface area contributed by atoms with Crippen molar-refractivity contribution in [2.24, 2.45) is 5.92 Å². The zero-order valence-electron chi connectivity index (χ0n) is 9.82. The number of pyridine rings is 1. The molecule has 4 nitrogen and oxygen atoms in total. The number of rotatable bonds is 1. The summed E-state index contributed by atoms with van der Waals surface area (Å²) < 4.78 is 13.1. The van der Waals surface area contributed by atoms with Crippen molar-refractivity contribution < 1.29 is 9.18 Å². The first-order valence-electron chi connectivity index (χ1n) is 5.78. The van der Waals surface area contributed by atoms with Gasteiger partial charge in [-0.3, -0.25) is 4.79 Å². The molecule has 1 saturated heterocycles. The summed E-state index contributed by atoms with van der Waals surface area (Å²) in [6.45, 7) is 3.51. The second kappa shape index (κ2) is 4.69. The summed E-state index contributed by atoms with van der Waals surface area (Å²) in [5, 5.41) is 0. The van der Waals surface area contributed by atoms with Gasteiger partial charge in [-0.15, -0.1) is 0 Å². The molecule has 2 rings (SSSR count). The van der Waals surface area contributed by atoms with Crippen LogP contribution in [0.15, 0.2) is 12.3 Å². The number of likely N-dealkylation sites (tertiary alicyclic amines) is 1. The van der Waals surface area contributed by atoms with Gasteiger partial charge in [0.1, 0.15) is 11.6 Å². The minimum atomic E-state index is -0.535. The third-order valence-electron chi connectivity index (χ3n) is 3.06. The first-order chi connectivity index (χ1) is 8.08. The van der Waals surface area contributed by atoms with Gasteiger partial charge in [-0.2, -0.15) is 0 Å². The quantitative estimate of drug-likeness (QED) is 0.808. The smallest absolute Gasteiger partial charge is 0.257 e. The van der Waals surface area contributed by atoms with Gasteiger partial charge in [-0.1, -0.05) is 6.92 Å². The van der Waals surface area contributed by atoms with E-state index in [9.17, 15) is 9.18 Å². The first-order valence-corrected chi connectivity index (χ1v) is 5.78. The Bertz CT molecular complexity index is 436. The van der Waals surface area contributed by atoms with Gasteiger partial charge in [0, 0.05) is 13.1 Å². The number of carbonyl (C=O) groups excluding carboxylic acids is 1. The summed E-state index contributed by atoms with van der Waals surface area (Å²) in [7, 11) is 0. The summed E-state index contributed by atoms with van der Waals surface area (Å²) >= 11 is 0. The van der Waals surface area contributed by atoms with Gasteiger partial charge in [-0.05, 0) is 24.8 Å². The van der Waals surface area contributed by atoms with Crippen molar-refractivity contribution in [1.82, 2.24) is 9.88 Å². The molecule has 1 fully saturated rings. The molecule has 2 N–H and O–H groups in total. The normalized spacial score (nSPS) is 20.4. The predicted molar refractivity (Wildman–Crippen MR) is 62.9 cm³/mol. The average Bonchev–Trinajstić information content (AvgIpc) is 2.31. The molecule has 0 bridgehead atoms. The molecule has 1 aromatic rings. The molecule has 1 amide bonds. The van der Waals surface area contributed by atoms with E-state index in [1.807, 2.05) is 0 Å². The highest BCUT2D eigenvalue weighted by molar-refractivity contribution is 5.98. The Labute approximate surface area is 99.6 Å². The van der Waals surface area contributed by atoms with E-state index in [2.05, 4.69) is 11.9 Å². The summed E-state index contributed by atoms with van der Waals surface area (Å²) in [6.07, 6.45) is 3.13. The molecule has 0 radical (unpaired) electrons. The highest BCUT2D eigenvalue weighted by Gasteiger charge is 2.24. The molecule has 0 aliphatic carbocycles. The van der Waals surface area contributed by atoms with E-state index < -0.39 is 5.82 Å². The molecule has 1 atom stereocenters. The van der Waals surface area contributed by atoms with Gasteiger partial charge in [-0.25, -0.2) is 9.37 Å². The maximum atomic E-state index is 13.1. The number of halogens is 1. The molecule has 17 heavy (non-hydrogen) atoms. The number of carbonyl (C=O) groups is 1. The maximum absolute atomic E-state index is 13.1. The minimum Gasteiger partial charge on any atom is -0.383 e. The van der Waals surface area contributed by atoms with E-state index in [4.69, 9.17) is 5.73 Å². The van der Waals surface area contributed by atoms with Gasteiger partial charge in [0.25, 0.3) is 5.91 Å². The van der Waals surface area contributed by atoms with Gasteiger partial charge < -0.3 is 10.6 Å². The van der Waals surface area contributed by atoms with Crippen LogP contribution in [0.25, 0.3) is 0 Å². The van der Waals surface area contributed by atoms with Crippen LogP contribution in [0.1, 0.15) is 30.1 Å². The lowest BCUT2D eigenvalue weighted by atomic mass is 9.99. The molecule has 92 valence electrons. The van der Waals surface area contributed by atoms with Crippen LogP contribution in [-0.4, -0.2) is 28.9 Å². The summed E-state index contributed by atoms with van der Waals surface area (Å²) in [4.78, 5) is 17.5. The second-order valence-corrected chi connectivity index (χ2v) is 4.58. The van der Waals surface area contributed by atoms with E-state index in [0.29, 0.717) is 19.0 Å². The monoisotopic (exact) mass is 237 g/mol. The molecular formula is C12H16FN3O. The first kappa shape index (κ1) is 11.8. The summed E-state index contributed by atoms with van der Waals surface area (Å²) in [6, 6.07) is 1.16. The van der Waals surface area contributed by atoms with Gasteiger partial charge >= 0.3 is 0 Å². The van der Waals surface area contributed by atoms with Crippen molar-refractivity contribution in [3.63, 3.8) is 0 Å². The number of anilines is 1. The van der Waals surface area contributed by atoms with Crippen LogP contribution in [0.5, 0.6) is 0 Å². The average molecular weight is 237 g/mol. The van der Waals surface area contributed by atoms with Crippen molar-refractivity contribution in [3.05, 3.63) is 23.6 Å². The molecule has 1 unspecified atom stereocenters. The zero-order valence-corrected chi connectivity index (χ0v) is 9.82. The number of piperidine rings is 1. The Kier molecular flexibility index (Phi) is 3.26. The number of hydrogen-bond donors (Lipinski definition) is 1. The van der Waals surface area contributed by atoms with Gasteiger partial charge in [0.2, 0.25) is 0 Å². The van der Waals surface area contributed by atoms with Crippen molar-refractivity contribution in [2.45, 2.75) is 19.8 Å². The lowest BCUT2D eigenvalue weighted by Crippen LogP contribution is -2.39. The molecule has 0 saturated carbocycles. The second-order valence-electron chi connectivity index (χ2n) is 4.58. The molecule has 0 aromatic carbocycles. The number of nitrogens with two attached hydrogens (primary N) is 1. The Hall–Kier alpha value is -1.65. The van der Waals surface area contributed by atoms with Crippen LogP contribution in [0.3, 0.4) is 0 Å². The van der Waals surface area contributed by atoms with Crippen LogP contribution >= 0.6 is 0 Å². The van der Waals surface area contributed by atoms with Gasteiger partial charge in [0.05, 0.1) is 11.8 Å². The Morgan fingerprint density at radius 1 is 1.65 bits per heavy atom. The van der Waals surface area contributed by atoms with Crippen LogP contribution in [0.2, 0.25) is 0 Å². The van der Waals surface area contributed by atoms with E-state index in [1.54, 1.807) is 4.90 Å². The minimum absolute atomic E-state index is 0.0922. The van der Waals surface area contributed by atoms with E-state index in [1.165, 1.54) is 0 Å². The largest absolute Gasteiger partial charge is 0.383 e. The molecular weight excluding hydrogens is 221 g/mol. The molecule has 1 aliphatic rings. The van der Waals surface area contributed by atoms with Crippen molar-refractivity contribution in [3.8, 4) is 0 Å². The molecule has 1 aliphatic heterocycles. The topological polar surface area (TPSA) is 59.2 Å². The van der Waals surface area contributed by atoms with Crippen molar-refractivity contribution in [1.29, 1.82) is 0 Å². The third-order valence-corrected chi connectivity index (χ3v) is 3.06. The van der Waals surface area contributed by atoms with Crippen molar-refractivity contribution >= 4 is 11.7 Å². The van der Waals surface area contributed by atoms with Crippen LogP contribution in [0.4, 0.5) is 10.2 Å². The van der Waals surface area contributed by atoms with Crippen LogP contribution < -0.4 is 5.73 Å². The predicted octanol–water partition coefficient (Wildman–Crippen LogP) is 1.68. The number of nitrogen functional groups attached to an aromatic ring is 1. The summed E-state index contributed by atoms with van der Waals surface area (Å²) in [5.41, 5.74) is 5.77. The maximum Gasteiger partial charge on any atom is 0.257 e. The molecule has 5 heteroatoms. The van der Waals surface area contributed by atoms with Crippen LogP contribution in [-0.2, 0) is 0 Å². The highest BCUT2D eigenvalue weighted by atomic mass is 19.1. The number of aromatic nitrogens is 1. The lowest BCUT2D eigenvalue weighted by molar-refractivity contribution is 0.0683. The number of nitrogens with zero attached hydrogens (tertiary/aromatic N) is 2. The van der Waals surface area contributed by atoms with E-state index >= 15 is 0 Å². The molecule has 1 aromatic heterocycles. The Morgan fingerprint density at radius 2 is 2.41 bits per heavy atom. The summed E-state index contributed by atoms with van der Waals surface area (Å²) in [5.74, 6) is -0.182. The highest BCUT2D eigenvalue weighted by Crippen LogP contribution is 2.20. The SMILES string of the molecule is CC1CCCN(C(=O)c2cc(F)cnc2N)C1. The zero-order chi connectivity index (χ0) is 12.4. The standard InChI is InChI=1S/C12H16FN3O/c1-8-3-2-4-16(7-8)12(17)10-5-9(13)6-15-11(10)14/h5-6,8H,2-4,7H2,1H3,(H2,14,15). The van der Waals surface area contributed by atoms with Crippen molar-refractivity contribution in [2.75, 3.05) is 18.8 Å². The molecule has 2 heterocycles. The van der Waals surface area contributed by atoms with E-state index in [-0.39, 0.29) is 17.3 Å². The fourth-order valence-corrected chi connectivity index (χ4v) is 2.17.